The molecule has 3 nitrogen and oxygen atoms in total. The fourth-order valence-corrected chi connectivity index (χ4v) is 1.42. The summed E-state index contributed by atoms with van der Waals surface area (Å²) in [5, 5.41) is 2.92. The van der Waals surface area contributed by atoms with E-state index in [4.69, 9.17) is 0 Å². The minimum Gasteiger partial charge on any atom is -0.469 e. The van der Waals surface area contributed by atoms with Gasteiger partial charge in [0.25, 0.3) is 0 Å². The number of carbonyl (C=O) groups is 1. The van der Waals surface area contributed by atoms with Crippen molar-refractivity contribution in [2.45, 2.75) is 25.6 Å². The van der Waals surface area contributed by atoms with Gasteiger partial charge in [0.15, 0.2) is 0 Å². The average molecular weight is 261 g/mol. The maximum absolute atomic E-state index is 12.3. The van der Waals surface area contributed by atoms with Crippen LogP contribution in [0.3, 0.4) is 0 Å². The molecule has 1 atom stereocenters. The Hall–Kier alpha value is -1.72. The smallest absolute Gasteiger partial charge is 0.416 e. The number of halogens is 3. The molecule has 18 heavy (non-hydrogen) atoms. The summed E-state index contributed by atoms with van der Waals surface area (Å²) in [4.78, 5) is 11.0. The van der Waals surface area contributed by atoms with E-state index in [1.807, 2.05) is 0 Å². The molecule has 0 unspecified atom stereocenters. The molecule has 0 bridgehead atoms. The molecule has 0 saturated carbocycles. The van der Waals surface area contributed by atoms with Gasteiger partial charge in [-0.3, -0.25) is 4.79 Å². The van der Waals surface area contributed by atoms with Crippen molar-refractivity contribution in [3.8, 4) is 0 Å². The number of benzene rings is 1. The number of hydrogen-bond acceptors (Lipinski definition) is 3. The maximum Gasteiger partial charge on any atom is 0.416 e. The van der Waals surface area contributed by atoms with E-state index >= 15 is 0 Å². The molecule has 0 heterocycles. The normalized spacial score (nSPS) is 12.9. The molecule has 0 aliphatic carbocycles. The third-order valence-electron chi connectivity index (χ3n) is 2.33. The first-order valence-electron chi connectivity index (χ1n) is 5.33. The van der Waals surface area contributed by atoms with Crippen LogP contribution in [0.2, 0.25) is 0 Å². The Morgan fingerprint density at radius 2 is 1.89 bits per heavy atom. The number of hydrogen-bond donors (Lipinski definition) is 1. The molecule has 0 aliphatic rings. The molecule has 100 valence electrons. The maximum atomic E-state index is 12.3. The van der Waals surface area contributed by atoms with E-state index in [0.717, 1.165) is 12.1 Å². The Balaban J connectivity index is 2.61. The average Bonchev–Trinajstić information content (AvgIpc) is 2.28. The Kier molecular flexibility index (Phi) is 4.58. The van der Waals surface area contributed by atoms with Gasteiger partial charge in [0, 0.05) is 11.7 Å². The van der Waals surface area contributed by atoms with Crippen molar-refractivity contribution in [2.24, 2.45) is 0 Å². The van der Waals surface area contributed by atoms with Gasteiger partial charge in [-0.05, 0) is 31.2 Å². The lowest BCUT2D eigenvalue weighted by Crippen LogP contribution is -2.20. The summed E-state index contributed by atoms with van der Waals surface area (Å²) in [6.07, 6.45) is -4.19. The molecular weight excluding hydrogens is 247 g/mol. The SMILES string of the molecule is COC(=O)C[C@H](C)Nc1ccc(C(F)(F)F)cc1. The summed E-state index contributed by atoms with van der Waals surface area (Å²) in [6, 6.07) is 4.43. The second-order valence-corrected chi connectivity index (χ2v) is 3.90. The quantitative estimate of drug-likeness (QED) is 0.846. The Morgan fingerprint density at radius 1 is 1.33 bits per heavy atom. The van der Waals surface area contributed by atoms with Gasteiger partial charge in [-0.25, -0.2) is 0 Å². The largest absolute Gasteiger partial charge is 0.469 e. The van der Waals surface area contributed by atoms with Crippen LogP contribution in [-0.4, -0.2) is 19.1 Å². The van der Waals surface area contributed by atoms with Gasteiger partial charge >= 0.3 is 12.1 Å². The highest BCUT2D eigenvalue weighted by Crippen LogP contribution is 2.29. The van der Waals surface area contributed by atoms with Crippen molar-refractivity contribution in [1.29, 1.82) is 0 Å². The van der Waals surface area contributed by atoms with E-state index < -0.39 is 11.7 Å². The summed E-state index contributed by atoms with van der Waals surface area (Å²) in [5.74, 6) is -0.373. The second-order valence-electron chi connectivity index (χ2n) is 3.90. The van der Waals surface area contributed by atoms with Crippen LogP contribution in [0, 0.1) is 0 Å². The number of anilines is 1. The van der Waals surface area contributed by atoms with E-state index in [1.54, 1.807) is 6.92 Å². The Bertz CT molecular complexity index is 401. The number of nitrogens with one attached hydrogen (secondary N) is 1. The fourth-order valence-electron chi connectivity index (χ4n) is 1.42. The second kappa shape index (κ2) is 5.75. The van der Waals surface area contributed by atoms with E-state index in [0.29, 0.717) is 5.69 Å². The van der Waals surface area contributed by atoms with Crippen LogP contribution in [0.25, 0.3) is 0 Å². The van der Waals surface area contributed by atoms with Crippen molar-refractivity contribution in [3.05, 3.63) is 29.8 Å². The first-order chi connectivity index (χ1) is 8.32. The van der Waals surface area contributed by atoms with Gasteiger partial charge < -0.3 is 10.1 Å². The number of alkyl halides is 3. The first-order valence-corrected chi connectivity index (χ1v) is 5.33. The van der Waals surface area contributed by atoms with Crippen LogP contribution < -0.4 is 5.32 Å². The first kappa shape index (κ1) is 14.3. The third kappa shape index (κ3) is 4.27. The van der Waals surface area contributed by atoms with Gasteiger partial charge in [-0.1, -0.05) is 0 Å². The molecule has 1 N–H and O–H groups in total. The zero-order valence-electron chi connectivity index (χ0n) is 10.0. The number of rotatable bonds is 4. The Morgan fingerprint density at radius 3 is 2.33 bits per heavy atom. The summed E-state index contributed by atoms with van der Waals surface area (Å²) >= 11 is 0. The molecule has 1 aromatic rings. The zero-order valence-corrected chi connectivity index (χ0v) is 10.0. The predicted octanol–water partition coefficient (Wildman–Crippen LogP) is 3.07. The predicted molar refractivity (Wildman–Crippen MR) is 61.2 cm³/mol. The molecule has 0 aliphatic heterocycles. The monoisotopic (exact) mass is 261 g/mol. The van der Waals surface area contributed by atoms with Crippen LogP contribution in [0.15, 0.2) is 24.3 Å². The van der Waals surface area contributed by atoms with E-state index in [1.165, 1.54) is 19.2 Å². The standard InChI is InChI=1S/C12H14F3NO2/c1-8(7-11(17)18-2)16-10-5-3-9(4-6-10)12(13,14)15/h3-6,8,16H,7H2,1-2H3/t8-/m0/s1. The van der Waals surface area contributed by atoms with Gasteiger partial charge in [-0.2, -0.15) is 13.2 Å². The van der Waals surface area contributed by atoms with Crippen molar-refractivity contribution in [3.63, 3.8) is 0 Å². The van der Waals surface area contributed by atoms with Crippen LogP contribution in [0.1, 0.15) is 18.9 Å². The molecule has 0 fully saturated rings. The van der Waals surface area contributed by atoms with Crippen LogP contribution in [0.4, 0.5) is 18.9 Å². The minimum atomic E-state index is -4.34. The number of esters is 1. The van der Waals surface area contributed by atoms with Gasteiger partial charge in [0.2, 0.25) is 0 Å². The van der Waals surface area contributed by atoms with E-state index in [-0.39, 0.29) is 18.4 Å². The highest BCUT2D eigenvalue weighted by Gasteiger charge is 2.29. The topological polar surface area (TPSA) is 38.3 Å². The summed E-state index contributed by atoms with van der Waals surface area (Å²) in [6.45, 7) is 1.74. The highest BCUT2D eigenvalue weighted by molar-refractivity contribution is 5.70. The van der Waals surface area contributed by atoms with Crippen molar-refractivity contribution >= 4 is 11.7 Å². The van der Waals surface area contributed by atoms with Crippen molar-refractivity contribution in [1.82, 2.24) is 0 Å². The van der Waals surface area contributed by atoms with Crippen molar-refractivity contribution < 1.29 is 22.7 Å². The van der Waals surface area contributed by atoms with Crippen LogP contribution in [-0.2, 0) is 15.7 Å². The molecule has 1 aromatic carbocycles. The molecule has 0 radical (unpaired) electrons. The molecular formula is C12H14F3NO2. The van der Waals surface area contributed by atoms with E-state index in [2.05, 4.69) is 10.1 Å². The summed E-state index contributed by atoms with van der Waals surface area (Å²) < 4.78 is 41.4. The van der Waals surface area contributed by atoms with E-state index in [9.17, 15) is 18.0 Å². The fraction of sp³-hybridized carbons (Fsp3) is 0.417. The van der Waals surface area contributed by atoms with Crippen molar-refractivity contribution in [2.75, 3.05) is 12.4 Å². The minimum absolute atomic E-state index is 0.150. The van der Waals surface area contributed by atoms with Gasteiger partial charge in [0.1, 0.15) is 0 Å². The Labute approximate surface area is 103 Å². The molecule has 0 aromatic heterocycles. The van der Waals surface area contributed by atoms with Crippen LogP contribution in [0.5, 0.6) is 0 Å². The lowest BCUT2D eigenvalue weighted by atomic mass is 10.1. The lowest BCUT2D eigenvalue weighted by molar-refractivity contribution is -0.140. The number of methoxy groups -OCH3 is 1. The van der Waals surface area contributed by atoms with Gasteiger partial charge in [-0.15, -0.1) is 0 Å². The summed E-state index contributed by atoms with van der Waals surface area (Å²) in [7, 11) is 1.28. The highest BCUT2D eigenvalue weighted by atomic mass is 19.4. The zero-order chi connectivity index (χ0) is 13.8. The molecule has 0 saturated heterocycles. The molecule has 6 heteroatoms. The molecule has 0 amide bonds. The van der Waals surface area contributed by atoms with Gasteiger partial charge in [0.05, 0.1) is 19.1 Å². The third-order valence-corrected chi connectivity index (χ3v) is 2.33. The lowest BCUT2D eigenvalue weighted by Gasteiger charge is -2.14. The van der Waals surface area contributed by atoms with Crippen LogP contribution >= 0.6 is 0 Å². The number of ether oxygens (including phenoxy) is 1. The summed E-state index contributed by atoms with van der Waals surface area (Å²) in [5.41, 5.74) is -0.173. The number of carbonyl (C=O) groups excluding carboxylic acids is 1. The molecule has 0 spiro atoms. The molecule has 1 rings (SSSR count).